The summed E-state index contributed by atoms with van der Waals surface area (Å²) < 4.78 is 7.46. The van der Waals surface area contributed by atoms with Gasteiger partial charge in [0, 0.05) is 5.92 Å². The second-order valence-corrected chi connectivity index (χ2v) is 8.10. The van der Waals surface area contributed by atoms with Gasteiger partial charge in [-0.05, 0) is 18.4 Å². The van der Waals surface area contributed by atoms with E-state index < -0.39 is 40.9 Å². The summed E-state index contributed by atoms with van der Waals surface area (Å²) in [5, 5.41) is 21.4. The first-order chi connectivity index (χ1) is 13.9. The number of hydrogen-bond acceptors (Lipinski definition) is 8. The number of nitrogens with one attached hydrogen (secondary N) is 1. The summed E-state index contributed by atoms with van der Waals surface area (Å²) in [7, 11) is 0. The first kappa shape index (κ1) is 19.8. The highest BCUT2D eigenvalue weighted by atomic mass is 32.1. The number of rotatable bonds is 5. The lowest BCUT2D eigenvalue weighted by Crippen LogP contribution is -2.28. The maximum atomic E-state index is 12.8. The van der Waals surface area contributed by atoms with Crippen molar-refractivity contribution in [3.8, 4) is 0 Å². The highest BCUT2D eigenvalue weighted by molar-refractivity contribution is 7.16. The van der Waals surface area contributed by atoms with Crippen LogP contribution in [0.25, 0.3) is 10.3 Å². The molecule has 29 heavy (non-hydrogen) atoms. The summed E-state index contributed by atoms with van der Waals surface area (Å²) in [4.78, 5) is 31.0. The van der Waals surface area contributed by atoms with Crippen LogP contribution >= 0.6 is 11.3 Å². The van der Waals surface area contributed by atoms with Crippen LogP contribution in [0.1, 0.15) is 37.7 Å². The predicted molar refractivity (Wildman–Crippen MR) is 109 cm³/mol. The highest BCUT2D eigenvalue weighted by Gasteiger charge is 2.44. The van der Waals surface area contributed by atoms with Crippen LogP contribution in [0.15, 0.2) is 39.9 Å². The van der Waals surface area contributed by atoms with Crippen LogP contribution in [0.2, 0.25) is 0 Å². The molecule has 2 unspecified atom stereocenters. The van der Waals surface area contributed by atoms with Crippen LogP contribution in [0.5, 0.6) is 0 Å². The minimum Gasteiger partial charge on any atom is -0.390 e. The van der Waals surface area contributed by atoms with Crippen molar-refractivity contribution in [2.75, 3.05) is 5.73 Å². The second-order valence-electron chi connectivity index (χ2n) is 7.14. The molecule has 0 aliphatic carbocycles. The van der Waals surface area contributed by atoms with Gasteiger partial charge in [-0.1, -0.05) is 48.6 Å². The molecule has 0 bridgehead atoms. The van der Waals surface area contributed by atoms with Crippen molar-refractivity contribution in [2.24, 2.45) is 5.92 Å². The Morgan fingerprint density at radius 2 is 2.07 bits per heavy atom. The number of nitrogens with two attached hydrogens (primary N) is 1. The Kier molecular flexibility index (Phi) is 5.26. The number of fused-ring (bicyclic) bond motifs is 1. The number of ether oxygens (including phenoxy) is 1. The molecule has 0 saturated carbocycles. The number of aliphatic hydroxyl groups is 2. The topological polar surface area (TPSA) is 143 Å². The summed E-state index contributed by atoms with van der Waals surface area (Å²) >= 11 is 0.747. The molecule has 5 atom stereocenters. The van der Waals surface area contributed by atoms with Crippen molar-refractivity contribution in [3.05, 3.63) is 55.9 Å². The van der Waals surface area contributed by atoms with Crippen molar-refractivity contribution in [2.45, 2.75) is 44.3 Å². The van der Waals surface area contributed by atoms with Crippen LogP contribution < -0.4 is 16.2 Å². The van der Waals surface area contributed by atoms with E-state index in [1.54, 1.807) is 12.1 Å². The van der Waals surface area contributed by atoms with Gasteiger partial charge in [-0.3, -0.25) is 19.1 Å². The standard InChI is InChI=1S/C19H22N4O5S/c1-2-11(24)12-8-10(13(25)9-6-4-3-5-7-9)17(28-12)23-15-14(29-19(23)27)16(26)22-18(20)21-15/h3-7,10-13,17,24-25H,2,8H2,1H3,(H3,20,21,22,26)/t10-,11?,12-,13?,17+/m0/s1. The van der Waals surface area contributed by atoms with Gasteiger partial charge >= 0.3 is 4.87 Å². The Hall–Kier alpha value is -2.53. The summed E-state index contributed by atoms with van der Waals surface area (Å²) in [5.41, 5.74) is 5.96. The lowest BCUT2D eigenvalue weighted by Gasteiger charge is -2.24. The van der Waals surface area contributed by atoms with Gasteiger partial charge in [-0.25, -0.2) is 0 Å². The van der Waals surface area contributed by atoms with Gasteiger partial charge in [-0.2, -0.15) is 4.98 Å². The van der Waals surface area contributed by atoms with Gasteiger partial charge in [0.15, 0.2) is 5.65 Å². The minimum absolute atomic E-state index is 0.114. The van der Waals surface area contributed by atoms with E-state index in [2.05, 4.69) is 9.97 Å². The number of nitrogen functional groups attached to an aromatic ring is 1. The molecule has 0 radical (unpaired) electrons. The molecule has 1 aromatic carbocycles. The summed E-state index contributed by atoms with van der Waals surface area (Å²) in [5.74, 6) is -0.640. The molecule has 5 N–H and O–H groups in total. The highest BCUT2D eigenvalue weighted by Crippen LogP contribution is 2.44. The number of aromatic nitrogens is 3. The van der Waals surface area contributed by atoms with Crippen molar-refractivity contribution >= 4 is 27.6 Å². The van der Waals surface area contributed by atoms with E-state index in [4.69, 9.17) is 10.5 Å². The quantitative estimate of drug-likeness (QED) is 0.486. The number of aliphatic hydroxyl groups excluding tert-OH is 2. The third-order valence-electron chi connectivity index (χ3n) is 5.33. The van der Waals surface area contributed by atoms with Crippen molar-refractivity contribution in [3.63, 3.8) is 0 Å². The van der Waals surface area contributed by atoms with Gasteiger partial charge in [0.2, 0.25) is 5.95 Å². The second kappa shape index (κ2) is 7.71. The molecule has 0 amide bonds. The lowest BCUT2D eigenvalue weighted by atomic mass is 9.90. The normalized spacial score (nSPS) is 24.0. The molecule has 1 saturated heterocycles. The number of H-pyrrole nitrogens is 1. The molecule has 1 fully saturated rings. The number of aromatic amines is 1. The summed E-state index contributed by atoms with van der Waals surface area (Å²) in [6.45, 7) is 1.83. The van der Waals surface area contributed by atoms with Gasteiger partial charge < -0.3 is 20.7 Å². The van der Waals surface area contributed by atoms with E-state index in [-0.39, 0.29) is 16.3 Å². The first-order valence-electron chi connectivity index (χ1n) is 9.38. The van der Waals surface area contributed by atoms with Crippen LogP contribution in [0.4, 0.5) is 5.95 Å². The molecule has 154 valence electrons. The largest absolute Gasteiger partial charge is 0.390 e. The van der Waals surface area contributed by atoms with E-state index in [1.807, 2.05) is 25.1 Å². The van der Waals surface area contributed by atoms with Gasteiger partial charge in [0.25, 0.3) is 5.56 Å². The minimum atomic E-state index is -0.934. The molecule has 1 aliphatic rings. The first-order valence-corrected chi connectivity index (χ1v) is 10.2. The Morgan fingerprint density at radius 3 is 2.76 bits per heavy atom. The Morgan fingerprint density at radius 1 is 1.34 bits per heavy atom. The van der Waals surface area contributed by atoms with Gasteiger partial charge in [0.05, 0.1) is 18.3 Å². The Bertz CT molecular complexity index is 1130. The number of benzene rings is 1. The fourth-order valence-corrected chi connectivity index (χ4v) is 4.68. The molecule has 2 aromatic heterocycles. The van der Waals surface area contributed by atoms with Crippen LogP contribution in [0.3, 0.4) is 0 Å². The number of nitrogens with zero attached hydrogens (tertiary/aromatic N) is 2. The van der Waals surface area contributed by atoms with Crippen molar-refractivity contribution in [1.82, 2.24) is 14.5 Å². The predicted octanol–water partition coefficient (Wildman–Crippen LogP) is 1.14. The third kappa shape index (κ3) is 3.48. The maximum absolute atomic E-state index is 12.8. The van der Waals surface area contributed by atoms with E-state index in [1.165, 1.54) is 4.57 Å². The van der Waals surface area contributed by atoms with E-state index in [0.29, 0.717) is 18.4 Å². The van der Waals surface area contributed by atoms with Crippen LogP contribution in [-0.2, 0) is 4.74 Å². The summed E-state index contributed by atoms with van der Waals surface area (Å²) in [6, 6.07) is 9.06. The van der Waals surface area contributed by atoms with E-state index in [9.17, 15) is 19.8 Å². The smallest absolute Gasteiger partial charge is 0.311 e. The zero-order valence-electron chi connectivity index (χ0n) is 15.7. The average molecular weight is 418 g/mol. The lowest BCUT2D eigenvalue weighted by molar-refractivity contribution is -0.0750. The molecular formula is C19H22N4O5S. The molecular weight excluding hydrogens is 396 g/mol. The third-order valence-corrected chi connectivity index (χ3v) is 6.27. The zero-order valence-corrected chi connectivity index (χ0v) is 16.5. The van der Waals surface area contributed by atoms with Crippen molar-refractivity contribution in [1.29, 1.82) is 0 Å². The molecule has 0 spiro atoms. The fraction of sp³-hybridized carbons (Fsp3) is 0.421. The van der Waals surface area contributed by atoms with Crippen LogP contribution in [0, 0.1) is 5.92 Å². The van der Waals surface area contributed by atoms with E-state index in [0.717, 1.165) is 11.3 Å². The van der Waals surface area contributed by atoms with Gasteiger partial charge in [-0.15, -0.1) is 0 Å². The average Bonchev–Trinajstić information content (AvgIpc) is 3.28. The molecule has 10 heteroatoms. The Labute approximate surface area is 169 Å². The fourth-order valence-electron chi connectivity index (χ4n) is 3.84. The molecule has 9 nitrogen and oxygen atoms in total. The van der Waals surface area contributed by atoms with Gasteiger partial charge in [0.1, 0.15) is 10.9 Å². The monoisotopic (exact) mass is 418 g/mol. The SMILES string of the molecule is CCC(O)[C@@H]1C[C@@H](C(O)c2ccccc2)[C@H](n2c(=O)sc3c(=O)[nH]c(N)nc32)O1. The Balaban J connectivity index is 1.83. The summed E-state index contributed by atoms with van der Waals surface area (Å²) in [6.07, 6.45) is -2.32. The number of hydrogen-bond donors (Lipinski definition) is 4. The zero-order chi connectivity index (χ0) is 20.7. The number of thiazole rings is 1. The molecule has 4 rings (SSSR count). The van der Waals surface area contributed by atoms with E-state index >= 15 is 0 Å². The maximum Gasteiger partial charge on any atom is 0.311 e. The van der Waals surface area contributed by atoms with Crippen LogP contribution in [-0.4, -0.2) is 37.0 Å². The molecule has 1 aliphatic heterocycles. The molecule has 3 aromatic rings. The number of anilines is 1. The van der Waals surface area contributed by atoms with Crippen molar-refractivity contribution < 1.29 is 14.9 Å². The molecule has 3 heterocycles.